The topological polar surface area (TPSA) is 119 Å². The Hall–Kier alpha value is -5.51. The van der Waals surface area contributed by atoms with Crippen LogP contribution in [0.5, 0.6) is 0 Å². The van der Waals surface area contributed by atoms with E-state index in [2.05, 4.69) is 15.5 Å². The van der Waals surface area contributed by atoms with Crippen LogP contribution in [0.25, 0.3) is 0 Å². The Labute approximate surface area is 273 Å². The van der Waals surface area contributed by atoms with Crippen molar-refractivity contribution in [2.45, 2.75) is 45.3 Å². The van der Waals surface area contributed by atoms with Crippen LogP contribution < -0.4 is 15.5 Å². The molecule has 9 nitrogen and oxygen atoms in total. The van der Waals surface area contributed by atoms with Gasteiger partial charge in [0.2, 0.25) is 0 Å². The third-order valence-corrected chi connectivity index (χ3v) is 8.32. The molecule has 5 rings (SSSR count). The van der Waals surface area contributed by atoms with Gasteiger partial charge in [-0.3, -0.25) is 19.2 Å². The minimum atomic E-state index is -1.13. The van der Waals surface area contributed by atoms with Crippen molar-refractivity contribution in [1.29, 1.82) is 0 Å². The number of nitrogens with zero attached hydrogens (tertiary/aromatic N) is 2. The van der Waals surface area contributed by atoms with Crippen LogP contribution in [0.15, 0.2) is 97.1 Å². The van der Waals surface area contributed by atoms with Crippen LogP contribution >= 0.6 is 0 Å². The maximum Gasteiger partial charge on any atom is 0.305 e. The maximum absolute atomic E-state index is 13.6. The number of benzene rings is 4. The van der Waals surface area contributed by atoms with Gasteiger partial charge < -0.3 is 25.5 Å². The highest BCUT2D eigenvalue weighted by molar-refractivity contribution is 6.07. The van der Waals surface area contributed by atoms with E-state index < -0.39 is 30.2 Å². The molecule has 3 atom stereocenters. The largest absolute Gasteiger partial charge is 0.481 e. The van der Waals surface area contributed by atoms with Gasteiger partial charge in [-0.15, -0.1) is 0 Å². The molecule has 0 saturated carbocycles. The number of carboxylic acids is 1. The lowest BCUT2D eigenvalue weighted by Gasteiger charge is -2.45. The summed E-state index contributed by atoms with van der Waals surface area (Å²) < 4.78 is 13.6. The normalized spacial score (nSPS) is 16.7. The number of piperazine rings is 1. The van der Waals surface area contributed by atoms with E-state index in [1.165, 1.54) is 24.3 Å². The lowest BCUT2D eigenvalue weighted by atomic mass is 10.0. The quantitative estimate of drug-likeness (QED) is 0.205. The third-order valence-electron chi connectivity index (χ3n) is 8.32. The lowest BCUT2D eigenvalue weighted by molar-refractivity contribution is -0.137. The molecular formula is C37H37FN4O5. The van der Waals surface area contributed by atoms with E-state index in [1.807, 2.05) is 49.9 Å². The van der Waals surface area contributed by atoms with Crippen LogP contribution in [-0.4, -0.2) is 58.9 Å². The average molecular weight is 637 g/mol. The molecule has 0 aromatic heterocycles. The summed E-state index contributed by atoms with van der Waals surface area (Å²) in [6.45, 7) is 6.79. The molecule has 0 radical (unpaired) electrons. The second-order valence-corrected chi connectivity index (χ2v) is 11.9. The fraction of sp³-hybridized carbons (Fsp3) is 0.243. The number of rotatable bonds is 9. The molecule has 0 spiro atoms. The fourth-order valence-electron chi connectivity index (χ4n) is 5.86. The van der Waals surface area contributed by atoms with Crippen LogP contribution in [0, 0.1) is 12.7 Å². The standard InChI is InChI=1S/C37H37FN4O5/c1-23-8-7-11-28(18-23)35(45)40-32-19-29(36(46)39-31(20-34(43)44)26-12-15-30(38)16-13-26)14-17-33(32)41-21-25(3)42(22-24(41)2)37(47)27-9-5-4-6-10-27/h4-19,24-25,31H,20-22H2,1-3H3,(H,39,46)(H,40,45)(H,43,44). The molecule has 242 valence electrons. The summed E-state index contributed by atoms with van der Waals surface area (Å²) in [7, 11) is 0. The predicted octanol–water partition coefficient (Wildman–Crippen LogP) is 6.07. The minimum Gasteiger partial charge on any atom is -0.481 e. The van der Waals surface area contributed by atoms with Gasteiger partial charge in [0.25, 0.3) is 17.7 Å². The third kappa shape index (κ3) is 7.84. The van der Waals surface area contributed by atoms with E-state index in [-0.39, 0.29) is 29.5 Å². The van der Waals surface area contributed by atoms with Crippen LogP contribution in [0.2, 0.25) is 0 Å². The SMILES string of the molecule is Cc1cccc(C(=O)Nc2cc(C(=O)NC(CC(=O)O)c3ccc(F)cc3)ccc2N2CC(C)N(C(=O)c3ccccc3)CC2C)c1. The summed E-state index contributed by atoms with van der Waals surface area (Å²) in [5, 5.41) is 15.2. The Balaban J connectivity index is 1.45. The highest BCUT2D eigenvalue weighted by atomic mass is 19.1. The molecule has 0 aliphatic carbocycles. The van der Waals surface area contributed by atoms with E-state index in [1.54, 1.807) is 48.5 Å². The summed E-state index contributed by atoms with van der Waals surface area (Å²) >= 11 is 0. The molecule has 1 fully saturated rings. The molecule has 1 saturated heterocycles. The Bertz CT molecular complexity index is 1780. The van der Waals surface area contributed by atoms with Crippen molar-refractivity contribution < 1.29 is 28.7 Å². The van der Waals surface area contributed by atoms with Crippen molar-refractivity contribution >= 4 is 35.1 Å². The number of hydrogen-bond acceptors (Lipinski definition) is 5. The van der Waals surface area contributed by atoms with Gasteiger partial charge in [0, 0.05) is 41.9 Å². The van der Waals surface area contributed by atoms with E-state index >= 15 is 0 Å². The van der Waals surface area contributed by atoms with Gasteiger partial charge in [0.15, 0.2) is 0 Å². The van der Waals surface area contributed by atoms with Crippen molar-refractivity contribution in [1.82, 2.24) is 10.2 Å². The zero-order chi connectivity index (χ0) is 33.7. The second kappa shape index (κ2) is 14.3. The van der Waals surface area contributed by atoms with Gasteiger partial charge in [-0.25, -0.2) is 4.39 Å². The number of carbonyl (C=O) groups is 4. The van der Waals surface area contributed by atoms with Crippen LogP contribution in [0.4, 0.5) is 15.8 Å². The number of aryl methyl sites for hydroxylation is 1. The van der Waals surface area contributed by atoms with Gasteiger partial charge in [-0.2, -0.15) is 0 Å². The van der Waals surface area contributed by atoms with Gasteiger partial charge >= 0.3 is 5.97 Å². The molecule has 3 N–H and O–H groups in total. The minimum absolute atomic E-state index is 0.0540. The molecule has 3 amide bonds. The van der Waals surface area contributed by atoms with Crippen molar-refractivity contribution in [2.75, 3.05) is 23.3 Å². The summed E-state index contributed by atoms with van der Waals surface area (Å²) in [4.78, 5) is 55.9. The maximum atomic E-state index is 13.6. The highest BCUT2D eigenvalue weighted by Gasteiger charge is 2.34. The average Bonchev–Trinajstić information content (AvgIpc) is 3.05. The Morgan fingerprint density at radius 3 is 2.17 bits per heavy atom. The van der Waals surface area contributed by atoms with Crippen molar-refractivity contribution in [3.05, 3.63) is 131 Å². The second-order valence-electron chi connectivity index (χ2n) is 11.9. The number of carbonyl (C=O) groups excluding carboxylic acids is 3. The van der Waals surface area contributed by atoms with E-state index in [0.29, 0.717) is 41.2 Å². The zero-order valence-corrected chi connectivity index (χ0v) is 26.4. The number of nitrogens with one attached hydrogen (secondary N) is 2. The summed E-state index contributed by atoms with van der Waals surface area (Å²) in [5.74, 6) is -2.58. The molecule has 47 heavy (non-hydrogen) atoms. The monoisotopic (exact) mass is 636 g/mol. The number of aliphatic carboxylic acids is 1. The van der Waals surface area contributed by atoms with Gasteiger partial charge in [-0.1, -0.05) is 48.0 Å². The molecule has 0 bridgehead atoms. The predicted molar refractivity (Wildman–Crippen MR) is 178 cm³/mol. The number of carboxylic acid groups (broad SMARTS) is 1. The van der Waals surface area contributed by atoms with Crippen molar-refractivity contribution in [2.24, 2.45) is 0 Å². The first kappa shape index (κ1) is 32.9. The molecule has 1 aliphatic heterocycles. The molecular weight excluding hydrogens is 599 g/mol. The fourth-order valence-corrected chi connectivity index (χ4v) is 5.86. The first-order valence-electron chi connectivity index (χ1n) is 15.4. The smallest absolute Gasteiger partial charge is 0.305 e. The first-order valence-corrected chi connectivity index (χ1v) is 15.4. The summed E-state index contributed by atoms with van der Waals surface area (Å²) in [5.41, 5.74) is 3.68. The molecule has 10 heteroatoms. The van der Waals surface area contributed by atoms with E-state index in [9.17, 15) is 28.7 Å². The number of hydrogen-bond donors (Lipinski definition) is 3. The van der Waals surface area contributed by atoms with Gasteiger partial charge in [-0.05, 0) is 80.9 Å². The highest BCUT2D eigenvalue weighted by Crippen LogP contribution is 2.33. The molecule has 1 aliphatic rings. The van der Waals surface area contributed by atoms with Crippen molar-refractivity contribution in [3.63, 3.8) is 0 Å². The van der Waals surface area contributed by atoms with E-state index in [0.717, 1.165) is 5.56 Å². The van der Waals surface area contributed by atoms with Gasteiger partial charge in [0.1, 0.15) is 5.82 Å². The lowest BCUT2D eigenvalue weighted by Crippen LogP contribution is -2.58. The van der Waals surface area contributed by atoms with Crippen LogP contribution in [-0.2, 0) is 4.79 Å². The van der Waals surface area contributed by atoms with Crippen LogP contribution in [0.3, 0.4) is 0 Å². The Morgan fingerprint density at radius 2 is 1.49 bits per heavy atom. The summed E-state index contributed by atoms with van der Waals surface area (Å²) in [6.07, 6.45) is -0.409. The molecule has 4 aromatic carbocycles. The van der Waals surface area contributed by atoms with E-state index in [4.69, 9.17) is 0 Å². The Kier molecular flexibility index (Phi) is 9.99. The molecule has 1 heterocycles. The van der Waals surface area contributed by atoms with Crippen LogP contribution in [0.1, 0.15) is 68.5 Å². The molecule has 3 unspecified atom stereocenters. The molecule has 4 aromatic rings. The van der Waals surface area contributed by atoms with Crippen molar-refractivity contribution in [3.8, 4) is 0 Å². The first-order chi connectivity index (χ1) is 22.5. The number of halogens is 1. The zero-order valence-electron chi connectivity index (χ0n) is 26.4. The number of anilines is 2. The van der Waals surface area contributed by atoms with Gasteiger partial charge in [0.05, 0.1) is 23.8 Å². The Morgan fingerprint density at radius 1 is 0.809 bits per heavy atom. The summed E-state index contributed by atoms with van der Waals surface area (Å²) in [6, 6.07) is 25.3. The number of amides is 3.